The van der Waals surface area contributed by atoms with Gasteiger partial charge in [0.15, 0.2) is 0 Å². The van der Waals surface area contributed by atoms with Crippen LogP contribution in [0.4, 0.5) is 22.0 Å². The molecule has 3 nitrogen and oxygen atoms in total. The van der Waals surface area contributed by atoms with Gasteiger partial charge in [0.05, 0.1) is 6.42 Å². The Morgan fingerprint density at radius 3 is 1.90 bits per heavy atom. The minimum Gasteiger partial charge on any atom is -0.420 e. The maximum Gasteiger partial charge on any atom is 0.313 e. The molecule has 0 radical (unpaired) electrons. The number of halogens is 5. The number of hydrogen-bond acceptors (Lipinski definition) is 2. The molecule has 0 aliphatic carbocycles. The van der Waals surface area contributed by atoms with Gasteiger partial charge in [-0.1, -0.05) is 0 Å². The summed E-state index contributed by atoms with van der Waals surface area (Å²) >= 11 is 0. The van der Waals surface area contributed by atoms with Gasteiger partial charge in [0.1, 0.15) is 0 Å². The first-order valence-corrected chi connectivity index (χ1v) is 5.74. The normalized spacial score (nSPS) is 10.7. The molecule has 2 aromatic rings. The lowest BCUT2D eigenvalue weighted by Gasteiger charge is -2.09. The van der Waals surface area contributed by atoms with E-state index in [4.69, 9.17) is 0 Å². The van der Waals surface area contributed by atoms with E-state index in [0.29, 0.717) is 0 Å². The maximum atomic E-state index is 13.3. The molecule has 0 atom stereocenters. The second kappa shape index (κ2) is 5.94. The number of nitrogens with zero attached hydrogens (tertiary/aromatic N) is 1. The van der Waals surface area contributed by atoms with Gasteiger partial charge in [-0.3, -0.25) is 4.79 Å². The number of benzene rings is 1. The number of aryl methyl sites for hydroxylation is 1. The lowest BCUT2D eigenvalue weighted by Crippen LogP contribution is -2.15. The van der Waals surface area contributed by atoms with Crippen LogP contribution >= 0.6 is 0 Å². The van der Waals surface area contributed by atoms with Crippen LogP contribution in [0.2, 0.25) is 0 Å². The van der Waals surface area contributed by atoms with E-state index >= 15 is 0 Å². The zero-order valence-corrected chi connectivity index (χ0v) is 10.4. The van der Waals surface area contributed by atoms with E-state index in [1.165, 1.54) is 0 Å². The molecular weight excluding hydrogens is 297 g/mol. The fraction of sp³-hybridized carbons (Fsp3) is 0.154. The highest BCUT2D eigenvalue weighted by molar-refractivity contribution is 5.72. The molecule has 112 valence electrons. The lowest BCUT2D eigenvalue weighted by molar-refractivity contribution is -0.135. The summed E-state index contributed by atoms with van der Waals surface area (Å²) in [7, 11) is 0. The van der Waals surface area contributed by atoms with Crippen LogP contribution < -0.4 is 4.74 Å². The number of hydrogen-bond donors (Lipinski definition) is 0. The molecule has 21 heavy (non-hydrogen) atoms. The van der Waals surface area contributed by atoms with Gasteiger partial charge in [-0.05, 0) is 12.1 Å². The number of carbonyl (C=O) groups excluding carboxylic acids is 1. The van der Waals surface area contributed by atoms with Gasteiger partial charge in [-0.15, -0.1) is 0 Å². The summed E-state index contributed by atoms with van der Waals surface area (Å²) < 4.78 is 71.0. The van der Waals surface area contributed by atoms with Crippen molar-refractivity contribution in [3.8, 4) is 5.75 Å². The monoisotopic (exact) mass is 305 g/mol. The SMILES string of the molecule is O=C(CCn1cccc1)Oc1c(F)c(F)c(F)c(F)c1F. The van der Waals surface area contributed by atoms with Crippen molar-refractivity contribution in [1.82, 2.24) is 4.57 Å². The molecule has 8 heteroatoms. The van der Waals surface area contributed by atoms with Crippen molar-refractivity contribution >= 4 is 5.97 Å². The first-order valence-electron chi connectivity index (χ1n) is 5.74. The molecule has 0 saturated carbocycles. The molecule has 1 aromatic carbocycles. The quantitative estimate of drug-likeness (QED) is 0.286. The summed E-state index contributed by atoms with van der Waals surface area (Å²) in [6.07, 6.45) is 2.96. The Bertz CT molecular complexity index is 641. The Hall–Kier alpha value is -2.38. The Labute approximate surface area is 115 Å². The molecule has 0 bridgehead atoms. The van der Waals surface area contributed by atoms with Crippen molar-refractivity contribution in [3.05, 3.63) is 53.6 Å². The molecule has 0 aliphatic heterocycles. The van der Waals surface area contributed by atoms with Gasteiger partial charge < -0.3 is 9.30 Å². The third-order valence-electron chi connectivity index (χ3n) is 2.63. The highest BCUT2D eigenvalue weighted by atomic mass is 19.2. The van der Waals surface area contributed by atoms with Gasteiger partial charge in [-0.2, -0.15) is 8.78 Å². The predicted molar refractivity (Wildman–Crippen MR) is 60.9 cm³/mol. The predicted octanol–water partition coefficient (Wildman–Crippen LogP) is 3.18. The molecule has 0 fully saturated rings. The van der Waals surface area contributed by atoms with E-state index in [9.17, 15) is 26.7 Å². The smallest absolute Gasteiger partial charge is 0.313 e. The Morgan fingerprint density at radius 1 is 0.905 bits per heavy atom. The maximum absolute atomic E-state index is 13.3. The van der Waals surface area contributed by atoms with Gasteiger partial charge in [0.25, 0.3) is 0 Å². The molecule has 0 N–H and O–H groups in total. The van der Waals surface area contributed by atoms with Gasteiger partial charge >= 0.3 is 5.97 Å². The fourth-order valence-electron chi connectivity index (χ4n) is 1.58. The molecule has 0 saturated heterocycles. The van der Waals surface area contributed by atoms with E-state index in [2.05, 4.69) is 4.74 Å². The van der Waals surface area contributed by atoms with E-state index in [0.717, 1.165) is 0 Å². The Kier molecular flexibility index (Phi) is 4.25. The first-order chi connectivity index (χ1) is 9.91. The molecule has 0 spiro atoms. The van der Waals surface area contributed by atoms with Crippen molar-refractivity contribution in [2.24, 2.45) is 0 Å². The van der Waals surface area contributed by atoms with Gasteiger partial charge in [0, 0.05) is 18.9 Å². The molecule has 1 aromatic heterocycles. The minimum absolute atomic E-state index is 0.140. The average molecular weight is 305 g/mol. The molecular formula is C13H8F5NO2. The topological polar surface area (TPSA) is 31.2 Å². The number of rotatable bonds is 4. The fourth-order valence-corrected chi connectivity index (χ4v) is 1.58. The molecule has 0 unspecified atom stereocenters. The molecule has 0 aliphatic rings. The number of esters is 1. The Balaban J connectivity index is 2.14. The van der Waals surface area contributed by atoms with E-state index in [-0.39, 0.29) is 13.0 Å². The largest absolute Gasteiger partial charge is 0.420 e. The molecule has 0 amide bonds. The zero-order valence-electron chi connectivity index (χ0n) is 10.4. The van der Waals surface area contributed by atoms with Crippen molar-refractivity contribution in [2.45, 2.75) is 13.0 Å². The minimum atomic E-state index is -2.31. The van der Waals surface area contributed by atoms with Crippen LogP contribution in [0.1, 0.15) is 6.42 Å². The summed E-state index contributed by atoms with van der Waals surface area (Å²) in [5, 5.41) is 0. The van der Waals surface area contributed by atoms with E-state index in [1.807, 2.05) is 0 Å². The van der Waals surface area contributed by atoms with Crippen molar-refractivity contribution < 1.29 is 31.5 Å². The first kappa shape index (κ1) is 15.0. The van der Waals surface area contributed by atoms with E-state index < -0.39 is 40.8 Å². The van der Waals surface area contributed by atoms with Gasteiger partial charge in [0.2, 0.25) is 34.8 Å². The average Bonchev–Trinajstić information content (AvgIpc) is 2.99. The summed E-state index contributed by atoms with van der Waals surface area (Å²) in [5.41, 5.74) is 0. The standard InChI is InChI=1S/C13H8F5NO2/c14-8-9(15)11(17)13(12(18)10(8)16)21-7(20)3-6-19-4-1-2-5-19/h1-2,4-5H,3,6H2. The number of carbonyl (C=O) groups is 1. The molecule has 1 heterocycles. The molecule has 2 rings (SSSR count). The second-order valence-electron chi connectivity index (χ2n) is 4.04. The van der Waals surface area contributed by atoms with Crippen LogP contribution in [-0.2, 0) is 11.3 Å². The van der Waals surface area contributed by atoms with Gasteiger partial charge in [-0.25, -0.2) is 13.2 Å². The highest BCUT2D eigenvalue weighted by Crippen LogP contribution is 2.29. The second-order valence-corrected chi connectivity index (χ2v) is 4.04. The zero-order chi connectivity index (χ0) is 15.6. The van der Waals surface area contributed by atoms with Crippen LogP contribution in [0.15, 0.2) is 24.5 Å². The summed E-state index contributed by atoms with van der Waals surface area (Å²) in [6, 6.07) is 3.38. The number of aromatic nitrogens is 1. The van der Waals surface area contributed by atoms with E-state index in [1.54, 1.807) is 29.1 Å². The van der Waals surface area contributed by atoms with Crippen molar-refractivity contribution in [3.63, 3.8) is 0 Å². The third-order valence-corrected chi connectivity index (χ3v) is 2.63. The Morgan fingerprint density at radius 2 is 1.38 bits per heavy atom. The van der Waals surface area contributed by atoms with Crippen LogP contribution in [0.5, 0.6) is 5.75 Å². The third kappa shape index (κ3) is 3.04. The lowest BCUT2D eigenvalue weighted by atomic mass is 10.2. The van der Waals surface area contributed by atoms with Crippen LogP contribution in [0.25, 0.3) is 0 Å². The highest BCUT2D eigenvalue weighted by Gasteiger charge is 2.28. The van der Waals surface area contributed by atoms with Crippen LogP contribution in [-0.4, -0.2) is 10.5 Å². The summed E-state index contributed by atoms with van der Waals surface area (Å²) in [5.74, 6) is -13.7. The van der Waals surface area contributed by atoms with Crippen molar-refractivity contribution in [2.75, 3.05) is 0 Å². The number of ether oxygens (including phenoxy) is 1. The van der Waals surface area contributed by atoms with Crippen molar-refractivity contribution in [1.29, 1.82) is 0 Å². The summed E-state index contributed by atoms with van der Waals surface area (Å²) in [6.45, 7) is 0.140. The summed E-state index contributed by atoms with van der Waals surface area (Å²) in [4.78, 5) is 11.4. The van der Waals surface area contributed by atoms with Crippen LogP contribution in [0, 0.1) is 29.1 Å². The van der Waals surface area contributed by atoms with Crippen LogP contribution in [0.3, 0.4) is 0 Å².